The molecule has 2 aromatic rings. The van der Waals surface area contributed by atoms with E-state index >= 15 is 0 Å². The number of rotatable bonds is 5. The predicted molar refractivity (Wildman–Crippen MR) is 92.1 cm³/mol. The van der Waals surface area contributed by atoms with Crippen LogP contribution in [-0.2, 0) is 0 Å². The van der Waals surface area contributed by atoms with Gasteiger partial charge >= 0.3 is 0 Å². The molecule has 0 aliphatic heterocycles. The third-order valence-electron chi connectivity index (χ3n) is 3.89. The fourth-order valence-electron chi connectivity index (χ4n) is 2.67. The number of hydrogen-bond donors (Lipinski definition) is 1. The van der Waals surface area contributed by atoms with Crippen LogP contribution in [-0.4, -0.2) is 35.1 Å². The van der Waals surface area contributed by atoms with Gasteiger partial charge < -0.3 is 14.8 Å². The molecule has 0 atom stereocenters. The summed E-state index contributed by atoms with van der Waals surface area (Å²) in [5.41, 5.74) is 0. The zero-order valence-electron chi connectivity index (χ0n) is 13.2. The highest BCUT2D eigenvalue weighted by Crippen LogP contribution is 2.25. The van der Waals surface area contributed by atoms with E-state index in [2.05, 4.69) is 15.3 Å². The highest BCUT2D eigenvalue weighted by molar-refractivity contribution is 7.17. The molecule has 1 amide bonds. The van der Waals surface area contributed by atoms with Crippen molar-refractivity contribution in [3.63, 3.8) is 0 Å². The Kier molecular flexibility index (Phi) is 5.52. The summed E-state index contributed by atoms with van der Waals surface area (Å²) in [6, 6.07) is 3.65. The SMILES string of the molecule is COc1cncc(OC2CCC(NC(=O)c3ccc(Cl)s3)CC2)n1. The Morgan fingerprint density at radius 1 is 1.25 bits per heavy atom. The van der Waals surface area contributed by atoms with Crippen LogP contribution in [0.15, 0.2) is 24.5 Å². The number of nitrogens with one attached hydrogen (secondary N) is 1. The van der Waals surface area contributed by atoms with Gasteiger partial charge in [-0.15, -0.1) is 11.3 Å². The molecule has 2 heterocycles. The molecular formula is C16H18ClN3O3S. The lowest BCUT2D eigenvalue weighted by Crippen LogP contribution is -2.39. The first-order valence-corrected chi connectivity index (χ1v) is 8.92. The molecule has 3 rings (SSSR count). The van der Waals surface area contributed by atoms with Crippen molar-refractivity contribution >= 4 is 28.8 Å². The minimum Gasteiger partial charge on any atom is -0.480 e. The minimum absolute atomic E-state index is 0.0602. The zero-order chi connectivity index (χ0) is 16.9. The Morgan fingerprint density at radius 2 is 2.00 bits per heavy atom. The lowest BCUT2D eigenvalue weighted by Gasteiger charge is -2.29. The maximum atomic E-state index is 12.1. The largest absolute Gasteiger partial charge is 0.480 e. The number of aromatic nitrogens is 2. The molecule has 0 bridgehead atoms. The summed E-state index contributed by atoms with van der Waals surface area (Å²) in [7, 11) is 1.54. The monoisotopic (exact) mass is 367 g/mol. The molecule has 1 fully saturated rings. The van der Waals surface area contributed by atoms with E-state index in [0.29, 0.717) is 21.0 Å². The second-order valence-electron chi connectivity index (χ2n) is 5.57. The highest BCUT2D eigenvalue weighted by atomic mass is 35.5. The molecule has 0 spiro atoms. The minimum atomic E-state index is -0.0602. The molecule has 0 radical (unpaired) electrons. The zero-order valence-corrected chi connectivity index (χ0v) is 14.8. The molecule has 6 nitrogen and oxygen atoms in total. The molecular weight excluding hydrogens is 350 g/mol. The first-order valence-electron chi connectivity index (χ1n) is 7.73. The summed E-state index contributed by atoms with van der Waals surface area (Å²) in [6.45, 7) is 0. The lowest BCUT2D eigenvalue weighted by atomic mass is 9.93. The van der Waals surface area contributed by atoms with Gasteiger partial charge in [0.1, 0.15) is 6.10 Å². The van der Waals surface area contributed by atoms with Crippen molar-refractivity contribution in [1.29, 1.82) is 0 Å². The number of hydrogen-bond acceptors (Lipinski definition) is 6. The number of halogens is 1. The molecule has 1 aliphatic carbocycles. The van der Waals surface area contributed by atoms with Gasteiger partial charge in [0, 0.05) is 6.04 Å². The molecule has 128 valence electrons. The van der Waals surface area contributed by atoms with Gasteiger partial charge in [0.2, 0.25) is 11.8 Å². The highest BCUT2D eigenvalue weighted by Gasteiger charge is 2.24. The average molecular weight is 368 g/mol. The third-order valence-corrected chi connectivity index (χ3v) is 5.12. The first kappa shape index (κ1) is 17.0. The number of carbonyl (C=O) groups excluding carboxylic acids is 1. The standard InChI is InChI=1S/C16H18ClN3O3S/c1-22-14-8-18-9-15(20-14)23-11-4-2-10(3-5-11)19-16(21)12-6-7-13(17)24-12/h6-11H,2-5H2,1H3,(H,19,21). The molecule has 1 saturated carbocycles. The van der Waals surface area contributed by atoms with Crippen LogP contribution in [0, 0.1) is 0 Å². The second kappa shape index (κ2) is 7.81. The maximum absolute atomic E-state index is 12.1. The quantitative estimate of drug-likeness (QED) is 0.877. The van der Waals surface area contributed by atoms with Crippen molar-refractivity contribution in [1.82, 2.24) is 15.3 Å². The Morgan fingerprint density at radius 3 is 2.67 bits per heavy atom. The summed E-state index contributed by atoms with van der Waals surface area (Å²) in [4.78, 5) is 21.0. The van der Waals surface area contributed by atoms with Crippen LogP contribution in [0.4, 0.5) is 0 Å². The van der Waals surface area contributed by atoms with E-state index in [9.17, 15) is 4.79 Å². The Balaban J connectivity index is 1.47. The topological polar surface area (TPSA) is 73.3 Å². The average Bonchev–Trinajstić information content (AvgIpc) is 3.03. The molecule has 1 N–H and O–H groups in total. The second-order valence-corrected chi connectivity index (χ2v) is 7.28. The van der Waals surface area contributed by atoms with E-state index in [1.54, 1.807) is 25.4 Å². The van der Waals surface area contributed by atoms with Crippen molar-refractivity contribution < 1.29 is 14.3 Å². The molecule has 8 heteroatoms. The number of thiophene rings is 1. The summed E-state index contributed by atoms with van der Waals surface area (Å²) in [5.74, 6) is 0.841. The fraction of sp³-hybridized carbons (Fsp3) is 0.438. The molecule has 1 aliphatic rings. The van der Waals surface area contributed by atoms with Crippen LogP contribution in [0.5, 0.6) is 11.8 Å². The van der Waals surface area contributed by atoms with E-state index in [1.165, 1.54) is 17.5 Å². The van der Waals surface area contributed by atoms with Crippen LogP contribution in [0.2, 0.25) is 4.34 Å². The van der Waals surface area contributed by atoms with Gasteiger partial charge in [-0.3, -0.25) is 9.78 Å². The van der Waals surface area contributed by atoms with Crippen LogP contribution in [0.1, 0.15) is 35.4 Å². The lowest BCUT2D eigenvalue weighted by molar-refractivity contribution is 0.0893. The van der Waals surface area contributed by atoms with Crippen LogP contribution < -0.4 is 14.8 Å². The summed E-state index contributed by atoms with van der Waals surface area (Å²) in [6.07, 6.45) is 6.65. The van der Waals surface area contributed by atoms with E-state index in [0.717, 1.165) is 25.7 Å². The predicted octanol–water partition coefficient (Wildman–Crippen LogP) is 3.32. The maximum Gasteiger partial charge on any atom is 0.261 e. The van der Waals surface area contributed by atoms with Gasteiger partial charge in [0.25, 0.3) is 5.91 Å². The van der Waals surface area contributed by atoms with Crippen LogP contribution >= 0.6 is 22.9 Å². The Hall–Kier alpha value is -1.86. The summed E-state index contributed by atoms with van der Waals surface area (Å²) >= 11 is 7.16. The molecule has 0 aromatic carbocycles. The van der Waals surface area contributed by atoms with Crippen molar-refractivity contribution in [2.24, 2.45) is 0 Å². The van der Waals surface area contributed by atoms with Gasteiger partial charge in [-0.2, -0.15) is 4.98 Å². The van der Waals surface area contributed by atoms with Crippen molar-refractivity contribution in [3.05, 3.63) is 33.7 Å². The number of ether oxygens (including phenoxy) is 2. The van der Waals surface area contributed by atoms with Gasteiger partial charge in [-0.1, -0.05) is 11.6 Å². The van der Waals surface area contributed by atoms with Gasteiger partial charge in [0.15, 0.2) is 0 Å². The Bertz CT molecular complexity index is 701. The van der Waals surface area contributed by atoms with Crippen LogP contribution in [0.25, 0.3) is 0 Å². The fourth-order valence-corrected chi connectivity index (χ4v) is 3.62. The number of amides is 1. The van der Waals surface area contributed by atoms with Crippen molar-refractivity contribution in [2.45, 2.75) is 37.8 Å². The van der Waals surface area contributed by atoms with Gasteiger partial charge in [-0.05, 0) is 37.8 Å². The van der Waals surface area contributed by atoms with E-state index in [4.69, 9.17) is 21.1 Å². The summed E-state index contributed by atoms with van der Waals surface area (Å²) < 4.78 is 11.5. The molecule has 0 unspecified atom stereocenters. The van der Waals surface area contributed by atoms with Crippen molar-refractivity contribution in [3.8, 4) is 11.8 Å². The molecule has 0 saturated heterocycles. The molecule has 2 aromatic heterocycles. The summed E-state index contributed by atoms with van der Waals surface area (Å²) in [5, 5.41) is 3.06. The van der Waals surface area contributed by atoms with E-state index in [-0.39, 0.29) is 18.1 Å². The number of carbonyl (C=O) groups is 1. The smallest absolute Gasteiger partial charge is 0.261 e. The number of nitrogens with zero attached hydrogens (tertiary/aromatic N) is 2. The van der Waals surface area contributed by atoms with E-state index in [1.807, 2.05) is 0 Å². The molecule has 24 heavy (non-hydrogen) atoms. The van der Waals surface area contributed by atoms with E-state index < -0.39 is 0 Å². The normalized spacial score (nSPS) is 20.4. The van der Waals surface area contributed by atoms with Crippen LogP contribution in [0.3, 0.4) is 0 Å². The van der Waals surface area contributed by atoms with Gasteiger partial charge in [-0.25, -0.2) is 0 Å². The Labute approximate surface area is 149 Å². The van der Waals surface area contributed by atoms with Gasteiger partial charge in [0.05, 0.1) is 28.7 Å². The number of methoxy groups -OCH3 is 1. The van der Waals surface area contributed by atoms with Crippen molar-refractivity contribution in [2.75, 3.05) is 7.11 Å². The third kappa shape index (κ3) is 4.36. The first-order chi connectivity index (χ1) is 11.6.